The fourth-order valence-electron chi connectivity index (χ4n) is 11.1. The lowest BCUT2D eigenvalue weighted by Gasteiger charge is -2.58. The zero-order chi connectivity index (χ0) is 22.5. The Labute approximate surface area is 203 Å². The molecular weight excluding hydrogens is 426 g/mol. The first-order valence-electron chi connectivity index (χ1n) is 14.1. The molecule has 33 heavy (non-hydrogen) atoms. The van der Waals surface area contributed by atoms with Crippen molar-refractivity contribution in [3.63, 3.8) is 0 Å². The molecule has 3 nitrogen and oxygen atoms in total. The summed E-state index contributed by atoms with van der Waals surface area (Å²) in [4.78, 5) is 25.9. The largest absolute Gasteiger partial charge is 0.353 e. The van der Waals surface area contributed by atoms with Crippen molar-refractivity contribution in [1.29, 1.82) is 0 Å². The van der Waals surface area contributed by atoms with E-state index < -0.39 is 0 Å². The molecule has 0 radical (unpaired) electrons. The molecule has 7 fully saturated rings. The van der Waals surface area contributed by atoms with E-state index in [9.17, 15) is 9.59 Å². The smallest absolute Gasteiger partial charge is 0.223 e. The number of rotatable bonds is 2. The monoisotopic (exact) mass is 467 g/mol. The Kier molecular flexibility index (Phi) is 4.80. The van der Waals surface area contributed by atoms with Gasteiger partial charge >= 0.3 is 0 Å². The van der Waals surface area contributed by atoms with Crippen LogP contribution in [0.15, 0.2) is 12.2 Å². The van der Waals surface area contributed by atoms with Gasteiger partial charge in [-0.15, -0.1) is 0 Å². The van der Waals surface area contributed by atoms with Crippen molar-refractivity contribution < 1.29 is 9.59 Å². The third kappa shape index (κ3) is 3.07. The van der Waals surface area contributed by atoms with Crippen molar-refractivity contribution in [3.8, 4) is 0 Å². The summed E-state index contributed by atoms with van der Waals surface area (Å²) in [7, 11) is 0. The first-order valence-corrected chi connectivity index (χ1v) is 14.9. The van der Waals surface area contributed by atoms with Crippen LogP contribution in [0.3, 0.4) is 0 Å². The molecule has 2 unspecified atom stereocenters. The van der Waals surface area contributed by atoms with Gasteiger partial charge in [-0.05, 0) is 124 Å². The molecule has 0 aromatic rings. The molecule has 7 saturated carbocycles. The van der Waals surface area contributed by atoms with E-state index in [0.717, 1.165) is 42.4 Å². The van der Waals surface area contributed by atoms with Crippen molar-refractivity contribution in [1.82, 2.24) is 5.32 Å². The number of hydrogen-bond donors (Lipinski definition) is 1. The Bertz CT molecular complexity index is 870. The molecule has 180 valence electrons. The average molecular weight is 468 g/mol. The standard InChI is InChI=1S/C29H41NO2S/c1-28-9-7-22-20(3-6-24-29(22,2)10-8-25(31)33-24)21(28)4-5-23(28)27(32)30-26-18-12-16-11-17(14-18)15-19(26)13-16/h8,10,16-24,26H,3-7,9,11-15H2,1-2H3,(H,30,32)/t16?,17?,18?,19?,20-,21-,22+,23?,24?,26?,28-,29+/m0/s1. The number of amides is 1. The minimum Gasteiger partial charge on any atom is -0.353 e. The van der Waals surface area contributed by atoms with E-state index in [4.69, 9.17) is 0 Å². The summed E-state index contributed by atoms with van der Waals surface area (Å²) in [5.74, 6) is 6.16. The summed E-state index contributed by atoms with van der Waals surface area (Å²) in [6.07, 6.45) is 18.3. The molecule has 8 aliphatic rings. The van der Waals surface area contributed by atoms with Crippen molar-refractivity contribution in [3.05, 3.63) is 12.2 Å². The van der Waals surface area contributed by atoms with Crippen molar-refractivity contribution >= 4 is 22.8 Å². The second kappa shape index (κ2) is 7.37. The number of nitrogens with one attached hydrogen (secondary N) is 1. The highest BCUT2D eigenvalue weighted by molar-refractivity contribution is 8.14. The van der Waals surface area contributed by atoms with Gasteiger partial charge in [-0.2, -0.15) is 0 Å². The normalized spacial score (nSPS) is 56.2. The van der Waals surface area contributed by atoms with Gasteiger partial charge in [0.05, 0.1) is 0 Å². The predicted octanol–water partition coefficient (Wildman–Crippen LogP) is 5.98. The molecule has 0 aromatic heterocycles. The third-order valence-corrected chi connectivity index (χ3v) is 13.8. The fourth-order valence-corrected chi connectivity index (χ4v) is 12.2. The number of allylic oxidation sites excluding steroid dienone is 1. The Morgan fingerprint density at radius 3 is 2.39 bits per heavy atom. The summed E-state index contributed by atoms with van der Waals surface area (Å²) in [5, 5.41) is 4.41. The predicted molar refractivity (Wildman–Crippen MR) is 132 cm³/mol. The number of fused-ring (bicyclic) bond motifs is 5. The summed E-state index contributed by atoms with van der Waals surface area (Å²) >= 11 is 1.60. The zero-order valence-corrected chi connectivity index (χ0v) is 21.2. The van der Waals surface area contributed by atoms with Gasteiger partial charge in [-0.1, -0.05) is 31.7 Å². The molecule has 4 bridgehead atoms. The van der Waals surface area contributed by atoms with Crippen molar-refractivity contribution in [2.75, 3.05) is 0 Å². The van der Waals surface area contributed by atoms with Gasteiger partial charge in [-0.3, -0.25) is 9.59 Å². The number of hydrogen-bond acceptors (Lipinski definition) is 3. The SMILES string of the molecule is C[C@]12C=CC(=O)SC1CC[C@@H]1[C@H]2CC[C@]2(C)C(C(=O)NC3C4CC5CC(C4)CC3C5)CC[C@@H]12. The molecular formula is C29H41NO2S. The molecule has 8 rings (SSSR count). The molecule has 1 N–H and O–H groups in total. The molecule has 0 saturated heterocycles. The van der Waals surface area contributed by atoms with Crippen LogP contribution >= 0.6 is 11.8 Å². The van der Waals surface area contributed by atoms with E-state index in [1.54, 1.807) is 11.8 Å². The number of thioether (sulfide) groups is 1. The minimum atomic E-state index is 0.156. The van der Waals surface area contributed by atoms with E-state index in [-0.39, 0.29) is 21.9 Å². The Hall–Kier alpha value is -0.770. The highest BCUT2D eigenvalue weighted by Gasteiger charge is 2.61. The van der Waals surface area contributed by atoms with Gasteiger partial charge in [0.15, 0.2) is 0 Å². The second-order valence-corrected chi connectivity index (χ2v) is 14.9. The Morgan fingerprint density at radius 1 is 0.939 bits per heavy atom. The topological polar surface area (TPSA) is 46.2 Å². The van der Waals surface area contributed by atoms with Crippen LogP contribution < -0.4 is 5.32 Å². The minimum absolute atomic E-state index is 0.156. The van der Waals surface area contributed by atoms with E-state index >= 15 is 0 Å². The van der Waals surface area contributed by atoms with Crippen LogP contribution in [0.5, 0.6) is 0 Å². The van der Waals surface area contributed by atoms with Crippen molar-refractivity contribution in [2.24, 2.45) is 58.2 Å². The van der Waals surface area contributed by atoms with Gasteiger partial charge in [0, 0.05) is 22.6 Å². The second-order valence-electron chi connectivity index (χ2n) is 13.7. The third-order valence-electron chi connectivity index (χ3n) is 12.4. The molecule has 1 aliphatic heterocycles. The summed E-state index contributed by atoms with van der Waals surface area (Å²) in [5.41, 5.74) is 0.325. The maximum Gasteiger partial charge on any atom is 0.223 e. The lowest BCUT2D eigenvalue weighted by molar-refractivity contribution is -0.136. The molecule has 7 aliphatic carbocycles. The summed E-state index contributed by atoms with van der Waals surface area (Å²) < 4.78 is 0. The molecule has 4 heteroatoms. The van der Waals surface area contributed by atoms with Crippen LogP contribution in [0, 0.1) is 58.2 Å². The maximum atomic E-state index is 13.8. The van der Waals surface area contributed by atoms with Crippen LogP contribution in [0.4, 0.5) is 0 Å². The first kappa shape index (κ1) is 21.5. The number of carbonyl (C=O) groups is 2. The highest BCUT2D eigenvalue weighted by atomic mass is 32.2. The van der Waals surface area contributed by atoms with Gasteiger partial charge in [0.25, 0.3) is 0 Å². The molecule has 1 heterocycles. The maximum absolute atomic E-state index is 13.8. The summed E-state index contributed by atoms with van der Waals surface area (Å²) in [6.45, 7) is 4.91. The van der Waals surface area contributed by atoms with Gasteiger partial charge < -0.3 is 5.32 Å². The molecule has 0 aromatic carbocycles. The van der Waals surface area contributed by atoms with E-state index in [2.05, 4.69) is 25.2 Å². The average Bonchev–Trinajstić information content (AvgIpc) is 3.13. The van der Waals surface area contributed by atoms with Crippen LogP contribution in [-0.4, -0.2) is 22.3 Å². The van der Waals surface area contributed by atoms with Crippen molar-refractivity contribution in [2.45, 2.75) is 95.8 Å². The van der Waals surface area contributed by atoms with E-state index in [1.165, 1.54) is 57.8 Å². The van der Waals surface area contributed by atoms with Gasteiger partial charge in [0.1, 0.15) is 0 Å². The fraction of sp³-hybridized carbons (Fsp3) is 0.862. The Balaban J connectivity index is 1.09. The van der Waals surface area contributed by atoms with Crippen LogP contribution in [-0.2, 0) is 9.59 Å². The first-order chi connectivity index (χ1) is 15.8. The Morgan fingerprint density at radius 2 is 1.67 bits per heavy atom. The van der Waals surface area contributed by atoms with Gasteiger partial charge in [-0.25, -0.2) is 0 Å². The van der Waals surface area contributed by atoms with Crippen LogP contribution in [0.25, 0.3) is 0 Å². The molecule has 0 spiro atoms. The zero-order valence-electron chi connectivity index (χ0n) is 20.4. The van der Waals surface area contributed by atoms with Crippen LogP contribution in [0.1, 0.15) is 84.5 Å². The van der Waals surface area contributed by atoms with Crippen LogP contribution in [0.2, 0.25) is 0 Å². The molecule has 1 amide bonds. The highest BCUT2D eigenvalue weighted by Crippen LogP contribution is 2.66. The van der Waals surface area contributed by atoms with Gasteiger partial charge in [0.2, 0.25) is 11.0 Å². The summed E-state index contributed by atoms with van der Waals surface area (Å²) in [6, 6.07) is 0.473. The number of carbonyl (C=O) groups excluding carboxylic acids is 2. The molecule has 7 atom stereocenters. The van der Waals surface area contributed by atoms with E-state index in [1.807, 2.05) is 6.08 Å². The lowest BCUT2D eigenvalue weighted by atomic mass is 9.49. The van der Waals surface area contributed by atoms with E-state index in [0.29, 0.717) is 29.0 Å². The quantitative estimate of drug-likeness (QED) is 0.543. The lowest BCUT2D eigenvalue weighted by Crippen LogP contribution is -2.58.